The number of thiophene rings is 1. The SMILES string of the molecule is C=C(NC(=O)c1csc(-c2nc3c(cc2O)-c2nc(cs2)C(=O)N[C@@H]([C@@H](C)O)C(=O)N/C(=C\C)c2nc(cs2)C(=O)N[C@H]2CCC(=O)OCc4cccc5sc(c(C)c45)C(=O)SC[C@H](NC(=O)c4csc2n4)c2nc-3cs2)n1)C(N)=O. The number of primary amides is 1. The minimum atomic E-state index is -1.54. The van der Waals surface area contributed by atoms with Crippen LogP contribution in [-0.2, 0) is 25.7 Å². The third kappa shape index (κ3) is 11.9. The number of allylic oxidation sites excluding steroid dienone is 1. The molecule has 0 unspecified atom stereocenters. The fourth-order valence-electron chi connectivity index (χ4n) is 8.28. The molecular formula is C51H42N12O11S7. The van der Waals surface area contributed by atoms with Crippen molar-refractivity contribution in [2.75, 3.05) is 5.75 Å². The molecule has 9 heterocycles. The van der Waals surface area contributed by atoms with Crippen LogP contribution in [0.3, 0.4) is 0 Å². The normalized spacial score (nSPS) is 18.4. The Balaban J connectivity index is 1.11. The summed E-state index contributed by atoms with van der Waals surface area (Å²) in [5, 5.41) is 44.7. The number of amides is 6. The molecule has 2 aliphatic rings. The summed E-state index contributed by atoms with van der Waals surface area (Å²) in [5.41, 5.74) is 6.27. The van der Waals surface area contributed by atoms with Crippen LogP contribution < -0.4 is 32.3 Å². The van der Waals surface area contributed by atoms with Gasteiger partial charge in [-0.2, -0.15) is 0 Å². The molecule has 1 aromatic carbocycles. The summed E-state index contributed by atoms with van der Waals surface area (Å²) in [5.74, 6) is -5.86. The number of aromatic nitrogens is 6. The van der Waals surface area contributed by atoms with E-state index >= 15 is 0 Å². The minimum absolute atomic E-state index is 0.0107. The predicted molar refractivity (Wildman–Crippen MR) is 307 cm³/mol. The van der Waals surface area contributed by atoms with Crippen molar-refractivity contribution in [3.8, 4) is 38.4 Å². The molecule has 10 rings (SSSR count). The fourth-order valence-corrected chi connectivity index (χ4v) is 14.8. The Kier molecular flexibility index (Phi) is 16.4. The lowest BCUT2D eigenvalue weighted by molar-refractivity contribution is -0.145. The second kappa shape index (κ2) is 23.6. The maximum absolute atomic E-state index is 14.5. The molecule has 0 fully saturated rings. The van der Waals surface area contributed by atoms with E-state index in [9.17, 15) is 48.6 Å². The van der Waals surface area contributed by atoms with Gasteiger partial charge in [-0.25, -0.2) is 29.9 Å². The van der Waals surface area contributed by atoms with Crippen molar-refractivity contribution >= 4 is 142 Å². The van der Waals surface area contributed by atoms with E-state index in [0.717, 1.165) is 78.5 Å². The van der Waals surface area contributed by atoms with Gasteiger partial charge in [0.1, 0.15) is 83.3 Å². The summed E-state index contributed by atoms with van der Waals surface area (Å²) < 4.78 is 6.57. The largest absolute Gasteiger partial charge is 0.506 e. The number of thioether (sulfide) groups is 1. The van der Waals surface area contributed by atoms with E-state index in [4.69, 9.17) is 20.4 Å². The summed E-state index contributed by atoms with van der Waals surface area (Å²) in [6, 6.07) is 3.35. The molecule has 4 atom stereocenters. The first-order valence-electron chi connectivity index (χ1n) is 24.1. The topological polar surface area (TPSA) is 350 Å². The van der Waals surface area contributed by atoms with Crippen LogP contribution in [-0.4, -0.2) is 105 Å². The zero-order chi connectivity index (χ0) is 57.4. The lowest BCUT2D eigenvalue weighted by atomic mass is 10.1. The van der Waals surface area contributed by atoms with Crippen molar-refractivity contribution < 1.29 is 53.3 Å². The van der Waals surface area contributed by atoms with Crippen LogP contribution in [0, 0.1) is 6.92 Å². The first kappa shape index (κ1) is 56.3. The number of aryl methyl sites for hydroxylation is 1. The fraction of sp³-hybridized carbons (Fsp3) is 0.216. The van der Waals surface area contributed by atoms with Crippen molar-refractivity contribution in [3.63, 3.8) is 0 Å². The number of carbonyl (C=O) groups excluding carboxylic acids is 8. The number of nitrogens with zero attached hydrogens (tertiary/aromatic N) is 6. The van der Waals surface area contributed by atoms with Gasteiger partial charge < -0.3 is 47.3 Å². The smallest absolute Gasteiger partial charge is 0.306 e. The molecule has 0 spiro atoms. The van der Waals surface area contributed by atoms with Crippen molar-refractivity contribution in [3.05, 3.63) is 123 Å². The van der Waals surface area contributed by atoms with E-state index < -0.39 is 71.4 Å². The lowest BCUT2D eigenvalue weighted by Crippen LogP contribution is -2.52. The van der Waals surface area contributed by atoms with Crippen LogP contribution >= 0.6 is 79.8 Å². The number of ether oxygens (including phenoxy) is 1. The average Bonchev–Trinajstić information content (AvgIpc) is 4.47. The minimum Gasteiger partial charge on any atom is -0.506 e. The van der Waals surface area contributed by atoms with E-state index in [2.05, 4.69) is 53.1 Å². The molecule has 0 saturated carbocycles. The van der Waals surface area contributed by atoms with E-state index in [1.165, 1.54) is 51.9 Å². The molecule has 9 N–H and O–H groups in total. The zero-order valence-corrected chi connectivity index (χ0v) is 48.0. The van der Waals surface area contributed by atoms with E-state index in [-0.39, 0.29) is 107 Å². The van der Waals surface area contributed by atoms with Gasteiger partial charge in [-0.05, 0) is 50.5 Å². The number of carbonyl (C=O) groups is 8. The molecule has 7 aromatic heterocycles. The van der Waals surface area contributed by atoms with Crippen molar-refractivity contribution in [1.82, 2.24) is 56.5 Å². The first-order valence-corrected chi connectivity index (χ1v) is 30.3. The molecule has 414 valence electrons. The van der Waals surface area contributed by atoms with Gasteiger partial charge in [0.15, 0.2) is 0 Å². The molecule has 23 nitrogen and oxygen atoms in total. The second-order valence-corrected chi connectivity index (χ2v) is 24.3. The van der Waals surface area contributed by atoms with Gasteiger partial charge in [-0.1, -0.05) is 36.5 Å². The summed E-state index contributed by atoms with van der Waals surface area (Å²) in [6.07, 6.45) is -0.110. The number of thiazole rings is 5. The molecule has 30 heteroatoms. The van der Waals surface area contributed by atoms with Gasteiger partial charge in [-0.3, -0.25) is 38.4 Å². The van der Waals surface area contributed by atoms with Crippen LogP contribution in [0.25, 0.3) is 48.4 Å². The molecule has 8 aromatic rings. The lowest BCUT2D eigenvalue weighted by Gasteiger charge is -2.21. The number of aliphatic hydroxyl groups is 1. The highest BCUT2D eigenvalue weighted by Crippen LogP contribution is 2.42. The number of cyclic esters (lactones) is 1. The monoisotopic (exact) mass is 1220 g/mol. The highest BCUT2D eigenvalue weighted by molar-refractivity contribution is 8.14. The number of pyridine rings is 1. The summed E-state index contributed by atoms with van der Waals surface area (Å²) in [6.45, 7) is 8.08. The second-order valence-electron chi connectivity index (χ2n) is 17.9. The Morgan fingerprint density at radius 2 is 1.46 bits per heavy atom. The van der Waals surface area contributed by atoms with Crippen LogP contribution in [0.4, 0.5) is 0 Å². The average molecular weight is 1220 g/mol. The van der Waals surface area contributed by atoms with Crippen LogP contribution in [0.5, 0.6) is 5.75 Å². The van der Waals surface area contributed by atoms with Gasteiger partial charge in [0.05, 0.1) is 34.5 Å². The van der Waals surface area contributed by atoms with E-state index in [0.29, 0.717) is 21.0 Å². The van der Waals surface area contributed by atoms with Crippen LogP contribution in [0.2, 0.25) is 0 Å². The third-order valence-corrected chi connectivity index (χ3v) is 19.3. The Morgan fingerprint density at radius 3 is 2.19 bits per heavy atom. The van der Waals surface area contributed by atoms with Crippen LogP contribution in [0.1, 0.15) is 117 Å². The van der Waals surface area contributed by atoms with Crippen molar-refractivity contribution in [2.24, 2.45) is 5.73 Å². The molecule has 2 aliphatic heterocycles. The molecule has 0 aliphatic carbocycles. The first-order chi connectivity index (χ1) is 38.8. The molecule has 81 heavy (non-hydrogen) atoms. The maximum Gasteiger partial charge on any atom is 0.306 e. The molecule has 12 bridgehead atoms. The van der Waals surface area contributed by atoms with E-state index in [1.807, 2.05) is 25.1 Å². The van der Waals surface area contributed by atoms with Gasteiger partial charge in [0, 0.05) is 54.7 Å². The molecule has 0 saturated heterocycles. The number of esters is 1. The zero-order valence-electron chi connectivity index (χ0n) is 42.3. The third-order valence-electron chi connectivity index (χ3n) is 12.4. The number of hydrogen-bond acceptors (Lipinski definition) is 24. The van der Waals surface area contributed by atoms with Crippen molar-refractivity contribution in [1.29, 1.82) is 0 Å². The number of hydrogen-bond donors (Lipinski definition) is 8. The summed E-state index contributed by atoms with van der Waals surface area (Å²) in [4.78, 5) is 137. The standard InChI is InChI=1S/C51H42N12O11S7/c1-5-24-47-59-28(15-77-47)42(69)55-25-9-10-34(66)74-12-22-7-6-8-33-35(22)19(2)39(81-33)51(73)80-18-31(56-43(70)29-16-78-48(25)60-29)49-57-26(13-76-49)37-23(46-58-30(14-75-46)44(71)63-36(21(4)64)45(72)54-24)11-32(65)38(62-37)50-61-27(17-79-50)41(68)53-20(3)40(52)67/h5-8,11,13-17,21,25,31,36,64-65H,3,9-10,12,18H2,1-2,4H3,(H2,52,67)(H,53,68)(H,54,72)(H,55,69)(H,56,70)(H,63,71)/b24-5-/t21-,25+,31+,36+/m1/s1. The van der Waals surface area contributed by atoms with Gasteiger partial charge in [0.2, 0.25) is 11.0 Å². The Morgan fingerprint density at radius 1 is 0.815 bits per heavy atom. The van der Waals surface area contributed by atoms with Crippen LogP contribution in [0.15, 0.2) is 69.5 Å². The number of nitrogens with one attached hydrogen (secondary N) is 5. The van der Waals surface area contributed by atoms with Gasteiger partial charge in [0.25, 0.3) is 29.5 Å². The highest BCUT2D eigenvalue weighted by Gasteiger charge is 2.32. The molecule has 0 radical (unpaired) electrons. The summed E-state index contributed by atoms with van der Waals surface area (Å²) in [7, 11) is 0. The number of benzene rings is 1. The van der Waals surface area contributed by atoms with Gasteiger partial charge >= 0.3 is 5.97 Å². The Labute approximate surface area is 486 Å². The Bertz CT molecular complexity index is 3950. The number of fused-ring (bicyclic) bond motifs is 13. The Hall–Kier alpha value is -7.97. The molecular weight excluding hydrogens is 1180 g/mol. The quantitative estimate of drug-likeness (QED) is 0.0660. The predicted octanol–water partition coefficient (Wildman–Crippen LogP) is 6.65. The van der Waals surface area contributed by atoms with Gasteiger partial charge in [-0.15, -0.1) is 68.0 Å². The summed E-state index contributed by atoms with van der Waals surface area (Å²) >= 11 is 7.33. The maximum atomic E-state index is 14.5. The van der Waals surface area contributed by atoms with Crippen molar-refractivity contribution in [2.45, 2.75) is 64.4 Å². The number of aromatic hydroxyl groups is 1. The molecule has 6 amide bonds. The van der Waals surface area contributed by atoms with E-state index in [1.54, 1.807) is 12.3 Å². The highest BCUT2D eigenvalue weighted by atomic mass is 32.2. The number of nitrogens with two attached hydrogens (primary N) is 1. The number of aliphatic hydroxyl groups excluding tert-OH is 1. The number of rotatable bonds is 5.